The van der Waals surface area contributed by atoms with Crippen LogP contribution in [-0.2, 0) is 0 Å². The van der Waals surface area contributed by atoms with Gasteiger partial charge in [-0.15, -0.1) is 0 Å². The Bertz CT molecular complexity index is 766. The van der Waals surface area contributed by atoms with E-state index in [1.54, 1.807) is 31.6 Å². The number of amides is 1. The van der Waals surface area contributed by atoms with Crippen molar-refractivity contribution in [3.8, 4) is 22.6 Å². The Balaban J connectivity index is 1.95. The molecule has 2 heterocycles. The Morgan fingerprint density at radius 2 is 2.00 bits per heavy atom. The van der Waals surface area contributed by atoms with Crippen molar-refractivity contribution < 1.29 is 9.32 Å². The Morgan fingerprint density at radius 3 is 2.76 bits per heavy atom. The van der Waals surface area contributed by atoms with Gasteiger partial charge < -0.3 is 9.84 Å². The van der Waals surface area contributed by atoms with Gasteiger partial charge in [-0.05, 0) is 24.3 Å². The Labute approximate surface area is 121 Å². The number of carbonyl (C=O) groups is 1. The summed E-state index contributed by atoms with van der Waals surface area (Å²) >= 11 is 0. The number of aromatic nitrogens is 2. The predicted octanol–water partition coefficient (Wildman–Crippen LogP) is 2.76. The van der Waals surface area contributed by atoms with Gasteiger partial charge in [0.05, 0.1) is 0 Å². The molecule has 21 heavy (non-hydrogen) atoms. The lowest BCUT2D eigenvalue weighted by Crippen LogP contribution is -2.17. The third-order valence-corrected chi connectivity index (χ3v) is 3.10. The molecule has 3 rings (SSSR count). The van der Waals surface area contributed by atoms with Crippen LogP contribution in [0.1, 0.15) is 10.4 Å². The van der Waals surface area contributed by atoms with Crippen molar-refractivity contribution in [3.63, 3.8) is 0 Å². The molecular formula is C16H13N3O2. The first kappa shape index (κ1) is 13.1. The van der Waals surface area contributed by atoms with E-state index in [1.165, 1.54) is 0 Å². The van der Waals surface area contributed by atoms with Gasteiger partial charge in [0.2, 0.25) is 0 Å². The molecular weight excluding hydrogens is 266 g/mol. The van der Waals surface area contributed by atoms with Crippen LogP contribution in [0, 0.1) is 0 Å². The van der Waals surface area contributed by atoms with Gasteiger partial charge in [0.1, 0.15) is 5.69 Å². The fraction of sp³-hybridized carbons (Fsp3) is 0.0625. The van der Waals surface area contributed by atoms with Crippen LogP contribution in [0.25, 0.3) is 22.6 Å². The summed E-state index contributed by atoms with van der Waals surface area (Å²) in [7, 11) is 1.60. The lowest BCUT2D eigenvalue weighted by molar-refractivity contribution is 0.0963. The molecule has 5 nitrogen and oxygen atoms in total. The first-order valence-electron chi connectivity index (χ1n) is 6.47. The fourth-order valence-corrected chi connectivity index (χ4v) is 2.02. The SMILES string of the molecule is CNC(=O)c1cccc(-c2cc(-c3cccnc3)on2)c1. The number of pyridine rings is 1. The van der Waals surface area contributed by atoms with Gasteiger partial charge >= 0.3 is 0 Å². The maximum absolute atomic E-state index is 11.7. The molecule has 1 amide bonds. The fourth-order valence-electron chi connectivity index (χ4n) is 2.02. The smallest absolute Gasteiger partial charge is 0.251 e. The van der Waals surface area contributed by atoms with Crippen LogP contribution in [0.2, 0.25) is 0 Å². The highest BCUT2D eigenvalue weighted by molar-refractivity contribution is 5.95. The van der Waals surface area contributed by atoms with Crippen LogP contribution < -0.4 is 5.32 Å². The summed E-state index contributed by atoms with van der Waals surface area (Å²) in [6, 6.07) is 12.8. The van der Waals surface area contributed by atoms with Crippen molar-refractivity contribution >= 4 is 5.91 Å². The van der Waals surface area contributed by atoms with E-state index < -0.39 is 0 Å². The third kappa shape index (κ3) is 2.67. The minimum absolute atomic E-state index is 0.132. The van der Waals surface area contributed by atoms with Gasteiger partial charge in [0.15, 0.2) is 5.76 Å². The van der Waals surface area contributed by atoms with Gasteiger partial charge in [-0.1, -0.05) is 17.3 Å². The van der Waals surface area contributed by atoms with Crippen LogP contribution in [-0.4, -0.2) is 23.1 Å². The molecule has 0 saturated carbocycles. The second-order valence-electron chi connectivity index (χ2n) is 4.48. The summed E-state index contributed by atoms with van der Waals surface area (Å²) in [6.07, 6.45) is 3.42. The molecule has 3 aromatic rings. The summed E-state index contributed by atoms with van der Waals surface area (Å²) in [5.41, 5.74) is 2.95. The minimum Gasteiger partial charge on any atom is -0.356 e. The van der Waals surface area contributed by atoms with E-state index in [1.807, 2.05) is 30.3 Å². The number of benzene rings is 1. The van der Waals surface area contributed by atoms with Crippen LogP contribution in [0.3, 0.4) is 0 Å². The molecule has 0 atom stereocenters. The number of rotatable bonds is 3. The second-order valence-corrected chi connectivity index (χ2v) is 4.48. The van der Waals surface area contributed by atoms with Crippen molar-refractivity contribution in [2.45, 2.75) is 0 Å². The maximum Gasteiger partial charge on any atom is 0.251 e. The van der Waals surface area contributed by atoms with E-state index in [9.17, 15) is 4.79 Å². The topological polar surface area (TPSA) is 68.0 Å². The zero-order valence-corrected chi connectivity index (χ0v) is 11.4. The van der Waals surface area contributed by atoms with E-state index in [-0.39, 0.29) is 5.91 Å². The van der Waals surface area contributed by atoms with E-state index in [0.717, 1.165) is 11.1 Å². The van der Waals surface area contributed by atoms with Crippen molar-refractivity contribution in [2.75, 3.05) is 7.05 Å². The molecule has 0 aliphatic rings. The summed E-state index contributed by atoms with van der Waals surface area (Å²) in [6.45, 7) is 0. The summed E-state index contributed by atoms with van der Waals surface area (Å²) in [5, 5.41) is 6.65. The summed E-state index contributed by atoms with van der Waals surface area (Å²) < 4.78 is 5.34. The number of hydrogen-bond acceptors (Lipinski definition) is 4. The van der Waals surface area contributed by atoms with E-state index >= 15 is 0 Å². The number of nitrogens with zero attached hydrogens (tertiary/aromatic N) is 2. The maximum atomic E-state index is 11.7. The zero-order valence-electron chi connectivity index (χ0n) is 11.4. The van der Waals surface area contributed by atoms with Crippen LogP contribution in [0.5, 0.6) is 0 Å². The Hall–Kier alpha value is -2.95. The normalized spacial score (nSPS) is 10.3. The lowest BCUT2D eigenvalue weighted by Gasteiger charge is -2.01. The van der Waals surface area contributed by atoms with Crippen molar-refractivity contribution in [1.29, 1.82) is 0 Å². The highest BCUT2D eigenvalue weighted by Crippen LogP contribution is 2.25. The highest BCUT2D eigenvalue weighted by atomic mass is 16.5. The summed E-state index contributed by atoms with van der Waals surface area (Å²) in [4.78, 5) is 15.7. The van der Waals surface area contributed by atoms with Gasteiger partial charge in [0.25, 0.3) is 5.91 Å². The lowest BCUT2D eigenvalue weighted by atomic mass is 10.1. The van der Waals surface area contributed by atoms with Crippen LogP contribution in [0.15, 0.2) is 59.4 Å². The Kier molecular flexibility index (Phi) is 3.47. The molecule has 0 unspecified atom stereocenters. The largest absolute Gasteiger partial charge is 0.356 e. The number of hydrogen-bond donors (Lipinski definition) is 1. The zero-order chi connectivity index (χ0) is 14.7. The quantitative estimate of drug-likeness (QED) is 0.800. The molecule has 0 saturated heterocycles. The van der Waals surface area contributed by atoms with Gasteiger partial charge in [-0.3, -0.25) is 9.78 Å². The average molecular weight is 279 g/mol. The molecule has 5 heteroatoms. The number of nitrogens with one attached hydrogen (secondary N) is 1. The predicted molar refractivity (Wildman–Crippen MR) is 78.6 cm³/mol. The first-order valence-corrected chi connectivity index (χ1v) is 6.47. The molecule has 1 aromatic carbocycles. The van der Waals surface area contributed by atoms with Crippen molar-refractivity contribution in [2.24, 2.45) is 0 Å². The molecule has 0 spiro atoms. The van der Waals surface area contributed by atoms with E-state index in [2.05, 4.69) is 15.5 Å². The molecule has 2 aromatic heterocycles. The molecule has 0 fully saturated rings. The second kappa shape index (κ2) is 5.58. The highest BCUT2D eigenvalue weighted by Gasteiger charge is 2.10. The van der Waals surface area contributed by atoms with E-state index in [4.69, 9.17) is 4.52 Å². The van der Waals surface area contributed by atoms with E-state index in [0.29, 0.717) is 17.0 Å². The van der Waals surface area contributed by atoms with Crippen molar-refractivity contribution in [3.05, 3.63) is 60.4 Å². The molecule has 1 N–H and O–H groups in total. The minimum atomic E-state index is -0.132. The van der Waals surface area contributed by atoms with Crippen molar-refractivity contribution in [1.82, 2.24) is 15.5 Å². The molecule has 0 bridgehead atoms. The first-order chi connectivity index (χ1) is 10.3. The van der Waals surface area contributed by atoms with Gasteiger partial charge in [-0.2, -0.15) is 0 Å². The molecule has 104 valence electrons. The standard InChI is InChI=1S/C16H13N3O2/c1-17-16(20)12-5-2-4-11(8-12)14-9-15(21-19-14)13-6-3-7-18-10-13/h2-10H,1H3,(H,17,20). The van der Waals surface area contributed by atoms with Crippen LogP contribution >= 0.6 is 0 Å². The number of carbonyl (C=O) groups excluding carboxylic acids is 1. The summed E-state index contributed by atoms with van der Waals surface area (Å²) in [5.74, 6) is 0.510. The Morgan fingerprint density at radius 1 is 1.14 bits per heavy atom. The molecule has 0 aliphatic heterocycles. The third-order valence-electron chi connectivity index (χ3n) is 3.10. The monoisotopic (exact) mass is 279 g/mol. The molecule has 0 radical (unpaired) electrons. The van der Waals surface area contributed by atoms with Crippen LogP contribution in [0.4, 0.5) is 0 Å². The molecule has 0 aliphatic carbocycles. The van der Waals surface area contributed by atoms with Gasteiger partial charge in [-0.25, -0.2) is 0 Å². The van der Waals surface area contributed by atoms with Gasteiger partial charge in [0, 0.05) is 42.2 Å². The average Bonchev–Trinajstić information content (AvgIpc) is 3.05.